The summed E-state index contributed by atoms with van der Waals surface area (Å²) in [6.07, 6.45) is 2.49. The van der Waals surface area contributed by atoms with Crippen LogP contribution >= 0.6 is 0 Å². The van der Waals surface area contributed by atoms with E-state index in [4.69, 9.17) is 0 Å². The van der Waals surface area contributed by atoms with Crippen molar-refractivity contribution >= 4 is 0 Å². The van der Waals surface area contributed by atoms with Crippen LogP contribution in [0.4, 0.5) is 13.2 Å². The van der Waals surface area contributed by atoms with E-state index in [2.05, 4.69) is 0 Å². The minimum absolute atomic E-state index is 0.331. The summed E-state index contributed by atoms with van der Waals surface area (Å²) in [5.74, 6) is 0. The maximum Gasteiger partial charge on any atom is 0.416 e. The van der Waals surface area contributed by atoms with Gasteiger partial charge in [0.25, 0.3) is 0 Å². The third-order valence-electron chi connectivity index (χ3n) is 2.02. The molecule has 0 aromatic rings. The van der Waals surface area contributed by atoms with Crippen LogP contribution in [0.25, 0.3) is 0 Å². The topological polar surface area (TPSA) is 3.24 Å². The average molecular weight is 187 g/mol. The molecule has 0 unspecified atom stereocenters. The number of halogens is 3. The molecule has 1 heterocycles. The third-order valence-corrected chi connectivity index (χ3v) is 2.02. The van der Waals surface area contributed by atoms with Crippen LogP contribution in [0, 0.1) is 0 Å². The van der Waals surface area contributed by atoms with Crippen LogP contribution < -0.4 is 0 Å². The molecule has 0 aromatic heterocycles. The van der Waals surface area contributed by atoms with Crippen molar-refractivity contribution in [3.05, 3.63) is 35.7 Å². The summed E-state index contributed by atoms with van der Waals surface area (Å²) < 4.78 is 36.4. The van der Waals surface area contributed by atoms with E-state index >= 15 is 0 Å². The van der Waals surface area contributed by atoms with Crippen LogP contribution in [0.3, 0.4) is 0 Å². The highest BCUT2D eigenvalue weighted by Crippen LogP contribution is 2.31. The highest BCUT2D eigenvalue weighted by molar-refractivity contribution is 5.32. The number of nitrogens with zero attached hydrogens (tertiary/aromatic N) is 1. The lowest BCUT2D eigenvalue weighted by Crippen LogP contribution is -2.20. The van der Waals surface area contributed by atoms with Gasteiger partial charge in [0.2, 0.25) is 0 Å². The van der Waals surface area contributed by atoms with Crippen molar-refractivity contribution in [2.45, 2.75) is 12.6 Å². The van der Waals surface area contributed by atoms with Crippen molar-refractivity contribution in [1.82, 2.24) is 4.90 Å². The molecule has 13 heavy (non-hydrogen) atoms. The zero-order valence-corrected chi connectivity index (χ0v) is 6.80. The van der Waals surface area contributed by atoms with Gasteiger partial charge < -0.3 is 4.90 Å². The Hall–Kier alpha value is -1.19. The maximum absolute atomic E-state index is 12.1. The minimum atomic E-state index is -4.21. The molecule has 70 valence electrons. The number of alkyl halides is 3. The van der Waals surface area contributed by atoms with Crippen LogP contribution in [0.5, 0.6) is 0 Å². The van der Waals surface area contributed by atoms with Crippen LogP contribution in [0.2, 0.25) is 0 Å². The predicted octanol–water partition coefficient (Wildman–Crippen LogP) is 2.59. The van der Waals surface area contributed by atoms with Gasteiger partial charge in [-0.3, -0.25) is 0 Å². The Balaban J connectivity index is 2.05. The molecule has 0 bridgehead atoms. The molecule has 1 aliphatic carbocycles. The Bertz CT molecular complexity index is 309. The maximum atomic E-state index is 12.1. The molecule has 0 spiro atoms. The SMILES string of the molecule is FC(F)(F)C1=CCN(C2=CC2)C=C1. The Morgan fingerprint density at radius 3 is 2.31 bits per heavy atom. The Labute approximate surface area is 73.8 Å². The van der Waals surface area contributed by atoms with Crippen LogP contribution in [-0.2, 0) is 0 Å². The molecule has 0 fully saturated rings. The first-order chi connectivity index (χ1) is 6.07. The first kappa shape index (κ1) is 8.41. The molecule has 1 nitrogen and oxygen atoms in total. The fourth-order valence-electron chi connectivity index (χ4n) is 1.20. The van der Waals surface area contributed by atoms with Gasteiger partial charge >= 0.3 is 6.18 Å². The third kappa shape index (κ3) is 1.76. The highest BCUT2D eigenvalue weighted by Gasteiger charge is 2.33. The molecule has 0 saturated heterocycles. The molecule has 0 radical (unpaired) electrons. The zero-order valence-electron chi connectivity index (χ0n) is 6.80. The number of hydrogen-bond acceptors (Lipinski definition) is 1. The van der Waals surface area contributed by atoms with Gasteiger partial charge in [-0.15, -0.1) is 0 Å². The van der Waals surface area contributed by atoms with Gasteiger partial charge in [0.1, 0.15) is 0 Å². The van der Waals surface area contributed by atoms with E-state index in [1.807, 2.05) is 11.0 Å². The Morgan fingerprint density at radius 1 is 1.23 bits per heavy atom. The summed E-state index contributed by atoms with van der Waals surface area (Å²) in [6.45, 7) is 0.331. The van der Waals surface area contributed by atoms with Crippen LogP contribution in [0.1, 0.15) is 6.42 Å². The quantitative estimate of drug-likeness (QED) is 0.609. The van der Waals surface area contributed by atoms with E-state index < -0.39 is 11.7 Å². The fourth-order valence-corrected chi connectivity index (χ4v) is 1.20. The number of hydrogen-bond donors (Lipinski definition) is 0. The van der Waals surface area contributed by atoms with Gasteiger partial charge in [-0.2, -0.15) is 13.2 Å². The van der Waals surface area contributed by atoms with Crippen molar-refractivity contribution < 1.29 is 13.2 Å². The first-order valence-corrected chi connectivity index (χ1v) is 3.98. The molecule has 4 heteroatoms. The van der Waals surface area contributed by atoms with Gasteiger partial charge in [0.15, 0.2) is 0 Å². The summed E-state index contributed by atoms with van der Waals surface area (Å²) in [5, 5.41) is 0. The smallest absolute Gasteiger partial charge is 0.348 e. The summed E-state index contributed by atoms with van der Waals surface area (Å²) >= 11 is 0. The normalized spacial score (nSPS) is 21.3. The van der Waals surface area contributed by atoms with Crippen molar-refractivity contribution in [1.29, 1.82) is 0 Å². The van der Waals surface area contributed by atoms with E-state index in [0.29, 0.717) is 6.54 Å². The highest BCUT2D eigenvalue weighted by atomic mass is 19.4. The van der Waals surface area contributed by atoms with Crippen molar-refractivity contribution in [2.24, 2.45) is 0 Å². The number of rotatable bonds is 1. The van der Waals surface area contributed by atoms with E-state index in [-0.39, 0.29) is 0 Å². The lowest BCUT2D eigenvalue weighted by atomic mass is 10.2. The van der Waals surface area contributed by atoms with Crippen molar-refractivity contribution in [2.75, 3.05) is 6.54 Å². The van der Waals surface area contributed by atoms with E-state index in [1.54, 1.807) is 0 Å². The Kier molecular flexibility index (Phi) is 1.71. The Morgan fingerprint density at radius 2 is 1.92 bits per heavy atom. The molecule has 2 aliphatic rings. The summed E-state index contributed by atoms with van der Waals surface area (Å²) in [7, 11) is 0. The molecule has 0 saturated carbocycles. The molecule has 1 aliphatic heterocycles. The second-order valence-electron chi connectivity index (χ2n) is 3.02. The lowest BCUT2D eigenvalue weighted by Gasteiger charge is -2.20. The molecule has 0 aromatic carbocycles. The fraction of sp³-hybridized carbons (Fsp3) is 0.333. The standard InChI is InChI=1S/C9H8F3N/c10-9(11,12)7-3-5-13(6-4-7)8-1-2-8/h1,3-5H,2,6H2. The summed E-state index contributed by atoms with van der Waals surface area (Å²) in [4.78, 5) is 1.81. The molecule has 0 atom stereocenters. The summed E-state index contributed by atoms with van der Waals surface area (Å²) in [5.41, 5.74) is 0.554. The second kappa shape index (κ2) is 2.65. The molecule has 0 amide bonds. The van der Waals surface area contributed by atoms with Gasteiger partial charge in [-0.25, -0.2) is 0 Å². The molecular formula is C9H8F3N. The average Bonchev–Trinajstić information content (AvgIpc) is 2.85. The zero-order chi connectivity index (χ0) is 9.47. The minimum Gasteiger partial charge on any atom is -0.348 e. The van der Waals surface area contributed by atoms with Crippen molar-refractivity contribution in [3.63, 3.8) is 0 Å². The molecule has 0 N–H and O–H groups in total. The largest absolute Gasteiger partial charge is 0.416 e. The monoisotopic (exact) mass is 187 g/mol. The van der Waals surface area contributed by atoms with Gasteiger partial charge in [-0.05, 0) is 6.08 Å². The van der Waals surface area contributed by atoms with Crippen LogP contribution in [-0.4, -0.2) is 17.6 Å². The van der Waals surface area contributed by atoms with Gasteiger partial charge in [-0.1, -0.05) is 12.2 Å². The molecule has 2 rings (SSSR count). The first-order valence-electron chi connectivity index (χ1n) is 3.98. The van der Waals surface area contributed by atoms with Crippen molar-refractivity contribution in [3.8, 4) is 0 Å². The van der Waals surface area contributed by atoms with E-state index in [0.717, 1.165) is 18.2 Å². The number of allylic oxidation sites excluding steroid dienone is 4. The molecular weight excluding hydrogens is 179 g/mol. The second-order valence-corrected chi connectivity index (χ2v) is 3.02. The van der Waals surface area contributed by atoms with Crippen LogP contribution in [0.15, 0.2) is 35.7 Å². The van der Waals surface area contributed by atoms with Gasteiger partial charge in [0, 0.05) is 24.9 Å². The predicted molar refractivity (Wildman–Crippen MR) is 42.7 cm³/mol. The van der Waals surface area contributed by atoms with Gasteiger partial charge in [0.05, 0.1) is 5.57 Å². The van der Waals surface area contributed by atoms with E-state index in [9.17, 15) is 13.2 Å². The lowest BCUT2D eigenvalue weighted by molar-refractivity contribution is -0.0888. The summed E-state index contributed by atoms with van der Waals surface area (Å²) in [6, 6.07) is 0. The van der Waals surface area contributed by atoms with E-state index in [1.165, 1.54) is 12.3 Å².